The minimum atomic E-state index is -0.781. The maximum absolute atomic E-state index is 12.8. The molecule has 2 atom stereocenters. The van der Waals surface area contributed by atoms with E-state index in [0.717, 1.165) is 29.7 Å². The van der Waals surface area contributed by atoms with Crippen molar-refractivity contribution in [2.75, 3.05) is 13.2 Å². The van der Waals surface area contributed by atoms with Crippen LogP contribution in [0, 0.1) is 5.92 Å². The van der Waals surface area contributed by atoms with Gasteiger partial charge in [0, 0.05) is 0 Å². The molecule has 0 fully saturated rings. The molecule has 2 aromatic rings. The molecule has 180 valence electrons. The summed E-state index contributed by atoms with van der Waals surface area (Å²) in [5, 5.41) is 15.3. The number of aliphatic hydroxyl groups excluding tert-OH is 1. The molecule has 7 heteroatoms. The predicted molar refractivity (Wildman–Crippen MR) is 128 cm³/mol. The number of alkyl carbamates (subject to hydrolysis) is 1. The number of unbranched alkanes of at least 4 members (excludes halogenated alkanes) is 1. The second-order valence-corrected chi connectivity index (χ2v) is 8.37. The Labute approximate surface area is 196 Å². The van der Waals surface area contributed by atoms with Gasteiger partial charge in [0.05, 0.1) is 19.3 Å². The Morgan fingerprint density at radius 1 is 0.970 bits per heavy atom. The first kappa shape index (κ1) is 26.2. The van der Waals surface area contributed by atoms with Crippen LogP contribution in [-0.4, -0.2) is 42.4 Å². The lowest BCUT2D eigenvalue weighted by Crippen LogP contribution is -2.53. The van der Waals surface area contributed by atoms with Crippen LogP contribution in [0.15, 0.2) is 54.6 Å². The van der Waals surface area contributed by atoms with Crippen molar-refractivity contribution in [3.8, 4) is 5.75 Å². The van der Waals surface area contributed by atoms with Gasteiger partial charge in [0.25, 0.3) is 0 Å². The number of hydrogen-bond donors (Lipinski definition) is 3. The molecule has 2 amide bonds. The first-order valence-electron chi connectivity index (χ1n) is 11.5. The van der Waals surface area contributed by atoms with Crippen LogP contribution in [0.4, 0.5) is 4.79 Å². The highest BCUT2D eigenvalue weighted by atomic mass is 16.5. The van der Waals surface area contributed by atoms with E-state index in [1.165, 1.54) is 0 Å². The molecule has 0 heterocycles. The number of ether oxygens (including phenoxy) is 2. The standard InChI is InChI=1S/C26H36N2O5/c1-4-5-15-32-23-13-11-20(12-14-23)16-22(17-29)27-25(30)24(19(2)3)28-26(31)33-18-21-9-7-6-8-10-21/h6-14,19,22,24,29H,4-5,15-18H2,1-3H3,(H,27,30)(H,28,31)/t22?,24-/m0/s1. The summed E-state index contributed by atoms with van der Waals surface area (Å²) in [5.74, 6) is 0.281. The molecule has 0 aromatic heterocycles. The molecule has 0 saturated heterocycles. The molecule has 0 saturated carbocycles. The number of hydrogen-bond acceptors (Lipinski definition) is 5. The summed E-state index contributed by atoms with van der Waals surface area (Å²) in [6, 6.07) is 15.7. The van der Waals surface area contributed by atoms with Gasteiger partial charge in [0.2, 0.25) is 5.91 Å². The molecule has 0 spiro atoms. The Morgan fingerprint density at radius 3 is 2.27 bits per heavy atom. The average Bonchev–Trinajstić information content (AvgIpc) is 2.82. The van der Waals surface area contributed by atoms with Gasteiger partial charge >= 0.3 is 6.09 Å². The molecule has 1 unspecified atom stereocenters. The van der Waals surface area contributed by atoms with Crippen molar-refractivity contribution in [1.82, 2.24) is 10.6 Å². The molecular formula is C26H36N2O5. The van der Waals surface area contributed by atoms with E-state index in [0.29, 0.717) is 13.0 Å². The quantitative estimate of drug-likeness (QED) is 0.398. The first-order chi connectivity index (χ1) is 15.9. The van der Waals surface area contributed by atoms with E-state index in [1.54, 1.807) is 0 Å². The van der Waals surface area contributed by atoms with E-state index in [-0.39, 0.29) is 25.0 Å². The molecule has 3 N–H and O–H groups in total. The van der Waals surface area contributed by atoms with Gasteiger partial charge in [-0.2, -0.15) is 0 Å². The highest BCUT2D eigenvalue weighted by molar-refractivity contribution is 5.86. The monoisotopic (exact) mass is 456 g/mol. The summed E-state index contributed by atoms with van der Waals surface area (Å²) in [6.45, 7) is 6.38. The molecule has 2 rings (SSSR count). The SMILES string of the molecule is CCCCOc1ccc(CC(CO)NC(=O)[C@@H](NC(=O)OCc2ccccc2)C(C)C)cc1. The van der Waals surface area contributed by atoms with E-state index >= 15 is 0 Å². The number of nitrogens with one attached hydrogen (secondary N) is 2. The molecule has 0 radical (unpaired) electrons. The second kappa shape index (κ2) is 14.2. The zero-order valence-corrected chi connectivity index (χ0v) is 19.8. The fraction of sp³-hybridized carbons (Fsp3) is 0.462. The summed E-state index contributed by atoms with van der Waals surface area (Å²) in [6.07, 6.45) is 1.88. The summed E-state index contributed by atoms with van der Waals surface area (Å²) >= 11 is 0. The van der Waals surface area contributed by atoms with Gasteiger partial charge in [0.15, 0.2) is 0 Å². The smallest absolute Gasteiger partial charge is 0.408 e. The van der Waals surface area contributed by atoms with E-state index in [1.807, 2.05) is 68.4 Å². The second-order valence-electron chi connectivity index (χ2n) is 8.37. The van der Waals surface area contributed by atoms with Gasteiger partial charge in [-0.05, 0) is 42.0 Å². The minimum absolute atomic E-state index is 0.122. The molecule has 2 aromatic carbocycles. The van der Waals surface area contributed by atoms with Crippen molar-refractivity contribution in [3.63, 3.8) is 0 Å². The third kappa shape index (κ3) is 9.53. The lowest BCUT2D eigenvalue weighted by atomic mass is 10.0. The predicted octanol–water partition coefficient (Wildman–Crippen LogP) is 3.84. The van der Waals surface area contributed by atoms with Crippen molar-refractivity contribution in [1.29, 1.82) is 0 Å². The summed E-state index contributed by atoms with van der Waals surface area (Å²) in [7, 11) is 0. The minimum Gasteiger partial charge on any atom is -0.494 e. The van der Waals surface area contributed by atoms with Crippen LogP contribution < -0.4 is 15.4 Å². The highest BCUT2D eigenvalue weighted by Crippen LogP contribution is 2.14. The van der Waals surface area contributed by atoms with Crippen molar-refractivity contribution in [3.05, 3.63) is 65.7 Å². The maximum atomic E-state index is 12.8. The van der Waals surface area contributed by atoms with Crippen LogP contribution in [0.2, 0.25) is 0 Å². The Hall–Kier alpha value is -3.06. The zero-order chi connectivity index (χ0) is 24.1. The van der Waals surface area contributed by atoms with E-state index in [4.69, 9.17) is 9.47 Å². The molecule has 0 aliphatic carbocycles. The van der Waals surface area contributed by atoms with Crippen molar-refractivity contribution in [2.24, 2.45) is 5.92 Å². The van der Waals surface area contributed by atoms with Crippen LogP contribution in [0.3, 0.4) is 0 Å². The number of rotatable bonds is 13. The van der Waals surface area contributed by atoms with Crippen LogP contribution in [0.5, 0.6) is 5.75 Å². The first-order valence-corrected chi connectivity index (χ1v) is 11.5. The average molecular weight is 457 g/mol. The van der Waals surface area contributed by atoms with Crippen molar-refractivity contribution < 1.29 is 24.2 Å². The lowest BCUT2D eigenvalue weighted by Gasteiger charge is -2.24. The van der Waals surface area contributed by atoms with Crippen LogP contribution in [0.1, 0.15) is 44.7 Å². The fourth-order valence-corrected chi connectivity index (χ4v) is 3.22. The Bertz CT molecular complexity index is 840. The summed E-state index contributed by atoms with van der Waals surface area (Å²) in [4.78, 5) is 25.1. The number of benzene rings is 2. The normalized spacial score (nSPS) is 12.6. The van der Waals surface area contributed by atoms with E-state index < -0.39 is 18.2 Å². The fourth-order valence-electron chi connectivity index (χ4n) is 3.22. The Balaban J connectivity index is 1.87. The van der Waals surface area contributed by atoms with Crippen molar-refractivity contribution >= 4 is 12.0 Å². The topological polar surface area (TPSA) is 96.9 Å². The molecule has 0 aliphatic rings. The zero-order valence-electron chi connectivity index (χ0n) is 19.8. The van der Waals surface area contributed by atoms with Gasteiger partial charge in [-0.25, -0.2) is 4.79 Å². The molecule has 0 bridgehead atoms. The van der Waals surface area contributed by atoms with Crippen LogP contribution in [-0.2, 0) is 22.6 Å². The summed E-state index contributed by atoms with van der Waals surface area (Å²) in [5.41, 5.74) is 1.83. The number of amides is 2. The third-order valence-electron chi connectivity index (χ3n) is 5.17. The number of aliphatic hydroxyl groups is 1. The van der Waals surface area contributed by atoms with Crippen LogP contribution >= 0.6 is 0 Å². The molecule has 33 heavy (non-hydrogen) atoms. The lowest BCUT2D eigenvalue weighted by molar-refractivity contribution is -0.125. The molecule has 0 aliphatic heterocycles. The molecular weight excluding hydrogens is 420 g/mol. The van der Waals surface area contributed by atoms with E-state index in [2.05, 4.69) is 17.6 Å². The van der Waals surface area contributed by atoms with Gasteiger partial charge < -0.3 is 25.2 Å². The van der Waals surface area contributed by atoms with Gasteiger partial charge in [-0.3, -0.25) is 4.79 Å². The van der Waals surface area contributed by atoms with Crippen LogP contribution in [0.25, 0.3) is 0 Å². The Morgan fingerprint density at radius 2 is 1.67 bits per heavy atom. The van der Waals surface area contributed by atoms with E-state index in [9.17, 15) is 14.7 Å². The Kier molecular flexibility index (Phi) is 11.2. The number of carbonyl (C=O) groups is 2. The summed E-state index contributed by atoms with van der Waals surface area (Å²) < 4.78 is 10.9. The van der Waals surface area contributed by atoms with Crippen molar-refractivity contribution in [2.45, 2.75) is 58.7 Å². The molecule has 7 nitrogen and oxygen atoms in total. The van der Waals surface area contributed by atoms with Gasteiger partial charge in [-0.1, -0.05) is 69.7 Å². The maximum Gasteiger partial charge on any atom is 0.408 e. The largest absolute Gasteiger partial charge is 0.494 e. The third-order valence-corrected chi connectivity index (χ3v) is 5.17. The van der Waals surface area contributed by atoms with Gasteiger partial charge in [-0.15, -0.1) is 0 Å². The highest BCUT2D eigenvalue weighted by Gasteiger charge is 2.26. The number of carbonyl (C=O) groups excluding carboxylic acids is 2. The van der Waals surface area contributed by atoms with Gasteiger partial charge in [0.1, 0.15) is 18.4 Å².